The maximum atomic E-state index is 11.0. The fourth-order valence-corrected chi connectivity index (χ4v) is 1.49. The summed E-state index contributed by atoms with van der Waals surface area (Å²) in [4.78, 5) is 16.3. The molecule has 0 amide bonds. The molecule has 2 rings (SSSR count). The van der Waals surface area contributed by atoms with Crippen molar-refractivity contribution in [2.45, 2.75) is 12.8 Å². The molecule has 0 aromatic heterocycles. The van der Waals surface area contributed by atoms with Crippen molar-refractivity contribution < 1.29 is 14.4 Å². The molecular weight excluding hydrogens is 218 g/mol. The minimum Gasteiger partial charge on any atom is -0.469 e. The van der Waals surface area contributed by atoms with E-state index in [0.717, 1.165) is 17.0 Å². The van der Waals surface area contributed by atoms with E-state index in [2.05, 4.69) is 9.89 Å². The Balaban J connectivity index is 2.04. The van der Waals surface area contributed by atoms with E-state index in [-0.39, 0.29) is 5.97 Å². The second-order valence-corrected chi connectivity index (χ2v) is 3.62. The average molecular weight is 231 g/mol. The topological polar surface area (TPSA) is 47.9 Å². The van der Waals surface area contributed by atoms with Crippen LogP contribution in [0, 0.1) is 0 Å². The van der Waals surface area contributed by atoms with Crippen LogP contribution < -0.4 is 4.84 Å². The molecule has 88 valence electrons. The van der Waals surface area contributed by atoms with Crippen molar-refractivity contribution in [2.24, 2.45) is 5.16 Å². The Bertz CT molecular complexity index is 477. The maximum Gasteiger partial charge on any atom is 0.305 e. The van der Waals surface area contributed by atoms with Crippen LogP contribution in [0.1, 0.15) is 18.4 Å². The first-order chi connectivity index (χ1) is 8.29. The van der Waals surface area contributed by atoms with E-state index in [9.17, 15) is 4.79 Å². The molecule has 0 aliphatic carbocycles. The summed E-state index contributed by atoms with van der Waals surface area (Å²) < 4.78 is 4.58. The van der Waals surface area contributed by atoms with E-state index < -0.39 is 0 Å². The predicted octanol–water partition coefficient (Wildman–Crippen LogP) is 2.40. The number of para-hydroxylation sites is 1. The highest BCUT2D eigenvalue weighted by Gasteiger charge is 2.08. The molecule has 0 radical (unpaired) electrons. The van der Waals surface area contributed by atoms with Gasteiger partial charge in [-0.05, 0) is 18.2 Å². The Labute approximate surface area is 99.5 Å². The molecule has 1 heterocycles. The standard InChI is InChI=1S/C13H13NO3/c1-16-13(15)9-8-11-7-6-10-4-2-3-5-12(10)17-14-11/h2-7H,8-9H2,1H3. The van der Waals surface area contributed by atoms with Crippen molar-refractivity contribution in [3.8, 4) is 5.75 Å². The van der Waals surface area contributed by atoms with Crippen molar-refractivity contribution in [2.75, 3.05) is 7.11 Å². The lowest BCUT2D eigenvalue weighted by molar-refractivity contribution is -0.140. The molecular formula is C13H13NO3. The molecule has 0 spiro atoms. The number of carbonyl (C=O) groups is 1. The maximum absolute atomic E-state index is 11.0. The molecule has 4 nitrogen and oxygen atoms in total. The van der Waals surface area contributed by atoms with Crippen LogP contribution in [0.5, 0.6) is 5.75 Å². The van der Waals surface area contributed by atoms with Gasteiger partial charge in [0.25, 0.3) is 0 Å². The summed E-state index contributed by atoms with van der Waals surface area (Å²) in [5, 5.41) is 3.99. The highest BCUT2D eigenvalue weighted by Crippen LogP contribution is 2.22. The van der Waals surface area contributed by atoms with Crippen LogP contribution in [0.3, 0.4) is 0 Å². The zero-order chi connectivity index (χ0) is 12.1. The summed E-state index contributed by atoms with van der Waals surface area (Å²) in [6, 6.07) is 7.63. The average Bonchev–Trinajstić information content (AvgIpc) is 2.58. The smallest absolute Gasteiger partial charge is 0.305 e. The molecule has 0 bridgehead atoms. The van der Waals surface area contributed by atoms with Crippen molar-refractivity contribution in [1.82, 2.24) is 0 Å². The van der Waals surface area contributed by atoms with Crippen LogP contribution in [-0.4, -0.2) is 18.8 Å². The van der Waals surface area contributed by atoms with Crippen LogP contribution in [0.25, 0.3) is 6.08 Å². The van der Waals surface area contributed by atoms with Crippen molar-refractivity contribution in [3.63, 3.8) is 0 Å². The van der Waals surface area contributed by atoms with Gasteiger partial charge >= 0.3 is 5.97 Å². The van der Waals surface area contributed by atoms with Gasteiger partial charge in [0, 0.05) is 12.0 Å². The van der Waals surface area contributed by atoms with Gasteiger partial charge in [-0.3, -0.25) is 4.79 Å². The number of rotatable bonds is 3. The number of ether oxygens (including phenoxy) is 1. The zero-order valence-corrected chi connectivity index (χ0v) is 9.55. The van der Waals surface area contributed by atoms with Crippen LogP contribution in [0.15, 0.2) is 35.5 Å². The van der Waals surface area contributed by atoms with Crippen molar-refractivity contribution in [1.29, 1.82) is 0 Å². The van der Waals surface area contributed by atoms with Gasteiger partial charge in [0.05, 0.1) is 19.2 Å². The Morgan fingerprint density at radius 3 is 3.00 bits per heavy atom. The number of hydrogen-bond donors (Lipinski definition) is 0. The number of nitrogens with zero attached hydrogens (tertiary/aromatic N) is 1. The summed E-state index contributed by atoms with van der Waals surface area (Å²) in [5.41, 5.74) is 1.70. The second-order valence-electron chi connectivity index (χ2n) is 3.62. The molecule has 4 heteroatoms. The van der Waals surface area contributed by atoms with Crippen LogP contribution >= 0.6 is 0 Å². The molecule has 0 N–H and O–H groups in total. The van der Waals surface area contributed by atoms with Gasteiger partial charge in [0.1, 0.15) is 0 Å². The SMILES string of the molecule is COC(=O)CCC1=NOc2ccccc2C=C1. The molecule has 1 aromatic rings. The lowest BCUT2D eigenvalue weighted by atomic mass is 10.1. The van der Waals surface area contributed by atoms with E-state index in [4.69, 9.17) is 4.84 Å². The summed E-state index contributed by atoms with van der Waals surface area (Å²) in [6.07, 6.45) is 4.60. The number of hydrogen-bond acceptors (Lipinski definition) is 4. The molecule has 0 saturated carbocycles. The van der Waals surface area contributed by atoms with E-state index in [1.807, 2.05) is 36.4 Å². The normalized spacial score (nSPS) is 13.1. The summed E-state index contributed by atoms with van der Waals surface area (Å²) in [5.74, 6) is 0.472. The minimum atomic E-state index is -0.247. The fourth-order valence-electron chi connectivity index (χ4n) is 1.49. The molecule has 1 aromatic carbocycles. The Morgan fingerprint density at radius 2 is 2.18 bits per heavy atom. The highest BCUT2D eigenvalue weighted by molar-refractivity contribution is 6.00. The summed E-state index contributed by atoms with van der Waals surface area (Å²) >= 11 is 0. The van der Waals surface area contributed by atoms with E-state index in [1.165, 1.54) is 7.11 Å². The van der Waals surface area contributed by atoms with Gasteiger partial charge in [-0.2, -0.15) is 0 Å². The third-order valence-corrected chi connectivity index (χ3v) is 2.45. The number of allylic oxidation sites excluding steroid dienone is 1. The number of carbonyl (C=O) groups excluding carboxylic acids is 1. The Kier molecular flexibility index (Phi) is 3.55. The monoisotopic (exact) mass is 231 g/mol. The van der Waals surface area contributed by atoms with E-state index in [1.54, 1.807) is 0 Å². The molecule has 1 aliphatic rings. The predicted molar refractivity (Wildman–Crippen MR) is 64.8 cm³/mol. The first kappa shape index (κ1) is 11.4. The van der Waals surface area contributed by atoms with Gasteiger partial charge in [-0.25, -0.2) is 0 Å². The zero-order valence-electron chi connectivity index (χ0n) is 9.55. The molecule has 0 saturated heterocycles. The van der Waals surface area contributed by atoms with E-state index in [0.29, 0.717) is 12.8 Å². The molecule has 17 heavy (non-hydrogen) atoms. The van der Waals surface area contributed by atoms with Gasteiger partial charge in [-0.15, -0.1) is 0 Å². The minimum absolute atomic E-state index is 0.247. The van der Waals surface area contributed by atoms with Crippen molar-refractivity contribution in [3.05, 3.63) is 35.9 Å². The molecule has 0 atom stereocenters. The third kappa shape index (κ3) is 2.93. The summed E-state index contributed by atoms with van der Waals surface area (Å²) in [7, 11) is 1.37. The van der Waals surface area contributed by atoms with Crippen LogP contribution in [-0.2, 0) is 9.53 Å². The lowest BCUT2D eigenvalue weighted by Crippen LogP contribution is -2.04. The quantitative estimate of drug-likeness (QED) is 0.750. The number of esters is 1. The number of oxime groups is 1. The van der Waals surface area contributed by atoms with Gasteiger partial charge in [0.15, 0.2) is 5.75 Å². The molecule has 1 aliphatic heterocycles. The molecule has 0 fully saturated rings. The van der Waals surface area contributed by atoms with Crippen molar-refractivity contribution >= 4 is 17.8 Å². The number of fused-ring (bicyclic) bond motifs is 1. The Hall–Kier alpha value is -2.10. The Morgan fingerprint density at radius 1 is 1.35 bits per heavy atom. The van der Waals surface area contributed by atoms with E-state index >= 15 is 0 Å². The highest BCUT2D eigenvalue weighted by atomic mass is 16.6. The van der Waals surface area contributed by atoms with Crippen LogP contribution in [0.4, 0.5) is 0 Å². The molecule has 0 unspecified atom stereocenters. The largest absolute Gasteiger partial charge is 0.469 e. The van der Waals surface area contributed by atoms with Gasteiger partial charge < -0.3 is 9.57 Å². The number of benzene rings is 1. The van der Waals surface area contributed by atoms with Gasteiger partial charge in [-0.1, -0.05) is 23.4 Å². The first-order valence-corrected chi connectivity index (χ1v) is 5.37. The first-order valence-electron chi connectivity index (χ1n) is 5.37. The second kappa shape index (κ2) is 5.30. The third-order valence-electron chi connectivity index (χ3n) is 2.45. The summed E-state index contributed by atoms with van der Waals surface area (Å²) in [6.45, 7) is 0. The van der Waals surface area contributed by atoms with Gasteiger partial charge in [0.2, 0.25) is 0 Å². The van der Waals surface area contributed by atoms with Crippen LogP contribution in [0.2, 0.25) is 0 Å². The number of methoxy groups -OCH3 is 1. The fraction of sp³-hybridized carbons (Fsp3) is 0.231. The lowest BCUT2D eigenvalue weighted by Gasteiger charge is -2.00.